The van der Waals surface area contributed by atoms with Gasteiger partial charge in [0.15, 0.2) is 0 Å². The molecule has 3 nitrogen and oxygen atoms in total. The molecule has 0 spiro atoms. The highest BCUT2D eigenvalue weighted by molar-refractivity contribution is 5.82. The number of hydrogen-bond acceptors (Lipinski definition) is 3. The van der Waals surface area contributed by atoms with E-state index in [1.54, 1.807) is 6.92 Å². The van der Waals surface area contributed by atoms with Gasteiger partial charge in [-0.25, -0.2) is 4.79 Å². The molecular formula is C14H22O3. The van der Waals surface area contributed by atoms with E-state index >= 15 is 0 Å². The minimum atomic E-state index is -0.272. The Morgan fingerprint density at radius 1 is 1.12 bits per heavy atom. The number of carbonyl (C=O) groups excluding carboxylic acids is 2. The van der Waals surface area contributed by atoms with Gasteiger partial charge >= 0.3 is 5.97 Å². The summed E-state index contributed by atoms with van der Waals surface area (Å²) < 4.78 is 4.82. The van der Waals surface area contributed by atoms with Gasteiger partial charge in [-0.3, -0.25) is 0 Å². The number of hydrogen-bond donors (Lipinski definition) is 0. The number of rotatable bonds is 8. The van der Waals surface area contributed by atoms with Crippen molar-refractivity contribution in [2.45, 2.75) is 46.5 Å². The van der Waals surface area contributed by atoms with E-state index in [2.05, 4.69) is 6.08 Å². The van der Waals surface area contributed by atoms with Crippen LogP contribution in [0.5, 0.6) is 0 Å². The SMILES string of the molecule is CCOC(=O)C=C(C)CCC=C(C)CCC=O. The quantitative estimate of drug-likeness (QED) is 0.282. The van der Waals surface area contributed by atoms with Gasteiger partial charge < -0.3 is 9.53 Å². The molecule has 96 valence electrons. The number of esters is 1. The third kappa shape index (κ3) is 9.54. The highest BCUT2D eigenvalue weighted by Crippen LogP contribution is 2.09. The van der Waals surface area contributed by atoms with Gasteiger partial charge in [0.05, 0.1) is 6.61 Å². The van der Waals surface area contributed by atoms with Crippen molar-refractivity contribution in [3.05, 3.63) is 23.3 Å². The molecule has 17 heavy (non-hydrogen) atoms. The van der Waals surface area contributed by atoms with Crippen LogP contribution in [0.1, 0.15) is 46.5 Å². The lowest BCUT2D eigenvalue weighted by Gasteiger charge is -2.01. The van der Waals surface area contributed by atoms with Crippen molar-refractivity contribution >= 4 is 12.3 Å². The number of aldehydes is 1. The Kier molecular flexibility index (Phi) is 9.02. The summed E-state index contributed by atoms with van der Waals surface area (Å²) in [6, 6.07) is 0. The lowest BCUT2D eigenvalue weighted by molar-refractivity contribution is -0.137. The normalized spacial score (nSPS) is 12.4. The van der Waals surface area contributed by atoms with Gasteiger partial charge in [0.1, 0.15) is 6.29 Å². The number of allylic oxidation sites excluding steroid dienone is 3. The third-order valence-electron chi connectivity index (χ3n) is 2.34. The van der Waals surface area contributed by atoms with Crippen molar-refractivity contribution in [1.82, 2.24) is 0 Å². The van der Waals surface area contributed by atoms with Crippen LogP contribution >= 0.6 is 0 Å². The molecule has 0 bridgehead atoms. The number of ether oxygens (including phenoxy) is 1. The summed E-state index contributed by atoms with van der Waals surface area (Å²) in [5.41, 5.74) is 2.24. The van der Waals surface area contributed by atoms with Crippen LogP contribution in [0, 0.1) is 0 Å². The lowest BCUT2D eigenvalue weighted by atomic mass is 10.1. The second kappa shape index (κ2) is 9.82. The summed E-state index contributed by atoms with van der Waals surface area (Å²) in [6.07, 6.45) is 7.74. The standard InChI is InChI=1S/C14H22O3/c1-4-17-14(16)11-13(3)8-5-7-12(2)9-6-10-15/h7,10-11H,4-6,8-9H2,1-3H3. The van der Waals surface area contributed by atoms with Gasteiger partial charge in [-0.05, 0) is 40.0 Å². The Morgan fingerprint density at radius 2 is 1.76 bits per heavy atom. The van der Waals surface area contributed by atoms with Crippen LogP contribution < -0.4 is 0 Å². The predicted octanol–water partition coefficient (Wildman–Crippen LogP) is 3.20. The molecule has 0 unspecified atom stereocenters. The van der Waals surface area contributed by atoms with Crippen LogP contribution in [0.15, 0.2) is 23.3 Å². The van der Waals surface area contributed by atoms with Gasteiger partial charge in [-0.2, -0.15) is 0 Å². The Bertz CT molecular complexity index is 301. The van der Waals surface area contributed by atoms with E-state index in [9.17, 15) is 9.59 Å². The fraction of sp³-hybridized carbons (Fsp3) is 0.571. The smallest absolute Gasteiger partial charge is 0.330 e. The first kappa shape index (κ1) is 15.6. The largest absolute Gasteiger partial charge is 0.463 e. The van der Waals surface area contributed by atoms with Crippen LogP contribution in [0.2, 0.25) is 0 Å². The lowest BCUT2D eigenvalue weighted by Crippen LogP contribution is -2.00. The van der Waals surface area contributed by atoms with E-state index in [-0.39, 0.29) is 5.97 Å². The Morgan fingerprint density at radius 3 is 2.35 bits per heavy atom. The first-order valence-corrected chi connectivity index (χ1v) is 6.03. The van der Waals surface area contributed by atoms with Gasteiger partial charge in [-0.1, -0.05) is 17.2 Å². The molecule has 0 aliphatic rings. The van der Waals surface area contributed by atoms with Crippen LogP contribution in [-0.2, 0) is 14.3 Å². The molecule has 3 heteroatoms. The van der Waals surface area contributed by atoms with Crippen molar-refractivity contribution in [3.63, 3.8) is 0 Å². The maximum absolute atomic E-state index is 11.1. The minimum absolute atomic E-state index is 0.272. The molecule has 0 rings (SSSR count). The molecule has 0 aromatic heterocycles. The van der Waals surface area contributed by atoms with Crippen molar-refractivity contribution < 1.29 is 14.3 Å². The number of carbonyl (C=O) groups is 2. The molecule has 0 aromatic carbocycles. The van der Waals surface area contributed by atoms with E-state index in [1.165, 1.54) is 11.6 Å². The van der Waals surface area contributed by atoms with Gasteiger partial charge in [0.25, 0.3) is 0 Å². The van der Waals surface area contributed by atoms with Crippen LogP contribution in [-0.4, -0.2) is 18.9 Å². The van der Waals surface area contributed by atoms with Gasteiger partial charge in [0, 0.05) is 12.5 Å². The van der Waals surface area contributed by atoms with Gasteiger partial charge in [-0.15, -0.1) is 0 Å². The topological polar surface area (TPSA) is 43.4 Å². The second-order valence-corrected chi connectivity index (χ2v) is 4.04. The summed E-state index contributed by atoms with van der Waals surface area (Å²) in [5, 5.41) is 0. The summed E-state index contributed by atoms with van der Waals surface area (Å²) in [6.45, 7) is 6.15. The molecule has 0 aliphatic carbocycles. The van der Waals surface area contributed by atoms with Crippen molar-refractivity contribution in [2.24, 2.45) is 0 Å². The zero-order valence-electron chi connectivity index (χ0n) is 11.0. The average Bonchev–Trinajstić information content (AvgIpc) is 2.26. The van der Waals surface area contributed by atoms with E-state index in [1.807, 2.05) is 13.8 Å². The first-order chi connectivity index (χ1) is 8.10. The fourth-order valence-electron chi connectivity index (χ4n) is 1.39. The molecule has 0 saturated heterocycles. The van der Waals surface area contributed by atoms with E-state index < -0.39 is 0 Å². The predicted molar refractivity (Wildman–Crippen MR) is 68.7 cm³/mol. The molecule has 0 saturated carbocycles. The molecule has 0 heterocycles. The van der Waals surface area contributed by atoms with Crippen molar-refractivity contribution in [1.29, 1.82) is 0 Å². The molecule has 0 aromatic rings. The Balaban J connectivity index is 3.94. The Hall–Kier alpha value is -1.38. The Labute approximate surface area is 104 Å². The molecular weight excluding hydrogens is 216 g/mol. The minimum Gasteiger partial charge on any atom is -0.463 e. The monoisotopic (exact) mass is 238 g/mol. The van der Waals surface area contributed by atoms with E-state index in [0.29, 0.717) is 13.0 Å². The molecule has 0 aliphatic heterocycles. The van der Waals surface area contributed by atoms with Crippen LogP contribution in [0.25, 0.3) is 0 Å². The van der Waals surface area contributed by atoms with Crippen molar-refractivity contribution in [2.75, 3.05) is 6.61 Å². The average molecular weight is 238 g/mol. The van der Waals surface area contributed by atoms with E-state index in [0.717, 1.165) is 31.1 Å². The summed E-state index contributed by atoms with van der Waals surface area (Å²) in [7, 11) is 0. The molecule has 0 N–H and O–H groups in total. The molecule has 0 amide bonds. The molecule has 0 atom stereocenters. The summed E-state index contributed by atoms with van der Waals surface area (Å²) in [4.78, 5) is 21.3. The van der Waals surface area contributed by atoms with E-state index in [4.69, 9.17) is 4.74 Å². The zero-order chi connectivity index (χ0) is 13.1. The summed E-state index contributed by atoms with van der Waals surface area (Å²) >= 11 is 0. The third-order valence-corrected chi connectivity index (χ3v) is 2.34. The highest BCUT2D eigenvalue weighted by Gasteiger charge is 1.97. The van der Waals surface area contributed by atoms with Crippen LogP contribution in [0.4, 0.5) is 0 Å². The fourth-order valence-corrected chi connectivity index (χ4v) is 1.39. The second-order valence-electron chi connectivity index (χ2n) is 4.04. The summed E-state index contributed by atoms with van der Waals surface area (Å²) in [5.74, 6) is -0.272. The van der Waals surface area contributed by atoms with Crippen LogP contribution in [0.3, 0.4) is 0 Å². The zero-order valence-corrected chi connectivity index (χ0v) is 11.0. The molecule has 0 radical (unpaired) electrons. The maximum Gasteiger partial charge on any atom is 0.330 e. The molecule has 0 fully saturated rings. The first-order valence-electron chi connectivity index (χ1n) is 6.03. The van der Waals surface area contributed by atoms with Gasteiger partial charge in [0.2, 0.25) is 0 Å². The van der Waals surface area contributed by atoms with Crippen molar-refractivity contribution in [3.8, 4) is 0 Å². The maximum atomic E-state index is 11.1. The highest BCUT2D eigenvalue weighted by atomic mass is 16.5.